The van der Waals surface area contributed by atoms with Crippen LogP contribution in [0.5, 0.6) is 11.5 Å². The van der Waals surface area contributed by atoms with Crippen LogP contribution in [-0.4, -0.2) is 37.7 Å². The van der Waals surface area contributed by atoms with Crippen LogP contribution in [0.3, 0.4) is 0 Å². The molecule has 0 spiro atoms. The van der Waals surface area contributed by atoms with Crippen LogP contribution in [-0.2, 0) is 9.53 Å². The Labute approximate surface area is 159 Å². The molecule has 1 N–H and O–H groups in total. The number of carbonyl (C=O) groups is 2. The molecule has 0 aromatic heterocycles. The average Bonchev–Trinajstić information content (AvgIpc) is 2.71. The van der Waals surface area contributed by atoms with Gasteiger partial charge in [0, 0.05) is 0 Å². The lowest BCUT2D eigenvalue weighted by molar-refractivity contribution is -0.125. The average molecular weight is 374 g/mol. The van der Waals surface area contributed by atoms with E-state index in [9.17, 15) is 14.9 Å². The molecule has 1 amide bonds. The zero-order chi connectivity index (χ0) is 19.7. The second-order valence-corrected chi connectivity index (χ2v) is 6.59. The molecule has 27 heavy (non-hydrogen) atoms. The lowest BCUT2D eigenvalue weighted by Crippen LogP contribution is -2.50. The Kier molecular flexibility index (Phi) is 7.47. The van der Waals surface area contributed by atoms with Gasteiger partial charge in [0.2, 0.25) is 0 Å². The molecule has 1 fully saturated rings. The van der Waals surface area contributed by atoms with Gasteiger partial charge in [0.05, 0.1) is 25.3 Å². The molecule has 146 valence electrons. The van der Waals surface area contributed by atoms with E-state index in [2.05, 4.69) is 11.4 Å². The second kappa shape index (κ2) is 9.81. The van der Waals surface area contributed by atoms with Crippen molar-refractivity contribution in [1.29, 1.82) is 5.26 Å². The topological polar surface area (TPSA) is 97.6 Å². The Hall–Kier alpha value is -2.75. The molecule has 0 saturated heterocycles. The number of carbonyl (C=O) groups excluding carboxylic acids is 2. The lowest BCUT2D eigenvalue weighted by atomic mass is 9.83. The standard InChI is InChI=1S/C20H26N2O5/c1-3-11-26-16-8-7-15(12-17(16)25-2)19(24)27-13-18(23)22-20(14-21)9-5-4-6-10-20/h7-8,12H,3-6,9-11,13H2,1-2H3,(H,22,23). The van der Waals surface area contributed by atoms with Crippen LogP contribution in [0, 0.1) is 11.3 Å². The summed E-state index contributed by atoms with van der Waals surface area (Å²) in [5, 5.41) is 12.1. The summed E-state index contributed by atoms with van der Waals surface area (Å²) >= 11 is 0. The Bertz CT molecular complexity index is 705. The lowest BCUT2D eigenvalue weighted by Gasteiger charge is -2.31. The van der Waals surface area contributed by atoms with Crippen molar-refractivity contribution in [2.45, 2.75) is 51.0 Å². The molecule has 0 atom stereocenters. The highest BCUT2D eigenvalue weighted by molar-refractivity contribution is 5.92. The smallest absolute Gasteiger partial charge is 0.338 e. The molecule has 0 radical (unpaired) electrons. The first kappa shape index (κ1) is 20.6. The van der Waals surface area contributed by atoms with Crippen molar-refractivity contribution in [3.8, 4) is 17.6 Å². The number of amides is 1. The summed E-state index contributed by atoms with van der Waals surface area (Å²) in [6, 6.07) is 6.92. The summed E-state index contributed by atoms with van der Waals surface area (Å²) in [5.74, 6) is -0.142. The highest BCUT2D eigenvalue weighted by Crippen LogP contribution is 2.29. The minimum Gasteiger partial charge on any atom is -0.493 e. The van der Waals surface area contributed by atoms with E-state index >= 15 is 0 Å². The summed E-state index contributed by atoms with van der Waals surface area (Å²) in [6.07, 6.45) is 4.97. The molecule has 0 bridgehead atoms. The van der Waals surface area contributed by atoms with Gasteiger partial charge in [0.15, 0.2) is 18.1 Å². The van der Waals surface area contributed by atoms with Gasteiger partial charge in [-0.25, -0.2) is 4.79 Å². The Morgan fingerprint density at radius 3 is 2.59 bits per heavy atom. The molecular formula is C20H26N2O5. The van der Waals surface area contributed by atoms with Crippen LogP contribution in [0.25, 0.3) is 0 Å². The van der Waals surface area contributed by atoms with Crippen molar-refractivity contribution in [1.82, 2.24) is 5.32 Å². The molecule has 1 aromatic rings. The van der Waals surface area contributed by atoms with Crippen molar-refractivity contribution in [3.63, 3.8) is 0 Å². The molecule has 1 aliphatic carbocycles. The normalized spacial score (nSPS) is 15.3. The largest absolute Gasteiger partial charge is 0.493 e. The monoisotopic (exact) mass is 374 g/mol. The molecule has 0 heterocycles. The highest BCUT2D eigenvalue weighted by Gasteiger charge is 2.33. The maximum Gasteiger partial charge on any atom is 0.338 e. The number of nitrogens with zero attached hydrogens (tertiary/aromatic N) is 1. The first-order valence-corrected chi connectivity index (χ1v) is 9.24. The Balaban J connectivity index is 1.93. The Morgan fingerprint density at radius 1 is 1.22 bits per heavy atom. The van der Waals surface area contributed by atoms with E-state index in [0.717, 1.165) is 25.7 Å². The number of hydrogen-bond donors (Lipinski definition) is 1. The summed E-state index contributed by atoms with van der Waals surface area (Å²) in [6.45, 7) is 2.10. The van der Waals surface area contributed by atoms with Gasteiger partial charge in [-0.3, -0.25) is 4.79 Å². The number of nitrogens with one attached hydrogen (secondary N) is 1. The van der Waals surface area contributed by atoms with Gasteiger partial charge in [0.1, 0.15) is 5.54 Å². The first-order valence-electron chi connectivity index (χ1n) is 9.24. The number of benzene rings is 1. The van der Waals surface area contributed by atoms with Crippen molar-refractivity contribution in [2.75, 3.05) is 20.3 Å². The van der Waals surface area contributed by atoms with Crippen molar-refractivity contribution in [2.24, 2.45) is 0 Å². The van der Waals surface area contributed by atoms with Crippen molar-refractivity contribution < 1.29 is 23.8 Å². The summed E-state index contributed by atoms with van der Waals surface area (Å²) in [7, 11) is 1.49. The third-order valence-corrected chi connectivity index (χ3v) is 4.50. The number of ether oxygens (including phenoxy) is 3. The third-order valence-electron chi connectivity index (χ3n) is 4.50. The predicted octanol–water partition coefficient (Wildman–Crippen LogP) is 2.98. The van der Waals surface area contributed by atoms with Crippen molar-refractivity contribution >= 4 is 11.9 Å². The van der Waals surface area contributed by atoms with Crippen molar-refractivity contribution in [3.05, 3.63) is 23.8 Å². The van der Waals surface area contributed by atoms with Crippen LogP contribution < -0.4 is 14.8 Å². The van der Waals surface area contributed by atoms with Gasteiger partial charge < -0.3 is 19.5 Å². The first-order chi connectivity index (χ1) is 13.0. The fourth-order valence-corrected chi connectivity index (χ4v) is 3.06. The van der Waals surface area contributed by atoms with Gasteiger partial charge in [0.25, 0.3) is 5.91 Å². The summed E-state index contributed by atoms with van der Waals surface area (Å²) < 4.78 is 15.9. The molecule has 0 aliphatic heterocycles. The Morgan fingerprint density at radius 2 is 1.96 bits per heavy atom. The maximum absolute atomic E-state index is 12.2. The number of methoxy groups -OCH3 is 1. The fourth-order valence-electron chi connectivity index (χ4n) is 3.06. The number of hydrogen-bond acceptors (Lipinski definition) is 6. The predicted molar refractivity (Wildman–Crippen MR) is 98.6 cm³/mol. The van der Waals surface area contributed by atoms with E-state index in [1.807, 2.05) is 6.92 Å². The molecule has 1 aliphatic rings. The minimum atomic E-state index is -0.844. The molecule has 7 nitrogen and oxygen atoms in total. The van der Waals surface area contributed by atoms with E-state index in [1.165, 1.54) is 13.2 Å². The van der Waals surface area contributed by atoms with E-state index in [1.54, 1.807) is 12.1 Å². The van der Waals surface area contributed by atoms with Gasteiger partial charge in [-0.1, -0.05) is 26.2 Å². The molecule has 1 aromatic carbocycles. The molecule has 2 rings (SSSR count). The number of esters is 1. The quantitative estimate of drug-likeness (QED) is 0.703. The molecule has 1 saturated carbocycles. The van der Waals surface area contributed by atoms with Crippen LogP contribution >= 0.6 is 0 Å². The van der Waals surface area contributed by atoms with E-state index in [4.69, 9.17) is 14.2 Å². The summed E-state index contributed by atoms with van der Waals surface area (Å²) in [5.41, 5.74) is -0.584. The zero-order valence-corrected chi connectivity index (χ0v) is 15.9. The fraction of sp³-hybridized carbons (Fsp3) is 0.550. The van der Waals surface area contributed by atoms with Gasteiger partial charge >= 0.3 is 5.97 Å². The van der Waals surface area contributed by atoms with Gasteiger partial charge in [-0.05, 0) is 37.5 Å². The van der Waals surface area contributed by atoms with Crippen LogP contribution in [0.1, 0.15) is 55.8 Å². The molecule has 0 unspecified atom stereocenters. The highest BCUT2D eigenvalue weighted by atomic mass is 16.5. The zero-order valence-electron chi connectivity index (χ0n) is 15.9. The SMILES string of the molecule is CCCOc1ccc(C(=O)OCC(=O)NC2(C#N)CCCCC2)cc1OC. The minimum absolute atomic E-state index is 0.260. The molecule has 7 heteroatoms. The maximum atomic E-state index is 12.2. The van der Waals surface area contributed by atoms with Gasteiger partial charge in [-0.15, -0.1) is 0 Å². The summed E-state index contributed by atoms with van der Waals surface area (Å²) in [4.78, 5) is 24.3. The third kappa shape index (κ3) is 5.61. The van der Waals surface area contributed by atoms with E-state index < -0.39 is 24.0 Å². The van der Waals surface area contributed by atoms with E-state index in [0.29, 0.717) is 30.9 Å². The van der Waals surface area contributed by atoms with E-state index in [-0.39, 0.29) is 5.56 Å². The number of rotatable bonds is 8. The van der Waals surface area contributed by atoms with Crippen LogP contribution in [0.4, 0.5) is 0 Å². The van der Waals surface area contributed by atoms with Crippen LogP contribution in [0.15, 0.2) is 18.2 Å². The van der Waals surface area contributed by atoms with Gasteiger partial charge in [-0.2, -0.15) is 5.26 Å². The number of nitriles is 1. The molecular weight excluding hydrogens is 348 g/mol. The van der Waals surface area contributed by atoms with Crippen LogP contribution in [0.2, 0.25) is 0 Å². The second-order valence-electron chi connectivity index (χ2n) is 6.59.